The third-order valence-corrected chi connectivity index (χ3v) is 3.05. The first kappa shape index (κ1) is 14.5. The Morgan fingerprint density at radius 3 is 2.94 bits per heavy atom. The molecule has 1 aromatic heterocycles. The Morgan fingerprint density at radius 2 is 2.35 bits per heavy atom. The number of ether oxygens (including phenoxy) is 1. The van der Waals surface area contributed by atoms with Gasteiger partial charge in [0.25, 0.3) is 6.43 Å². The Hall–Kier alpha value is -0.590. The van der Waals surface area contributed by atoms with Crippen LogP contribution in [0.15, 0.2) is 11.6 Å². The van der Waals surface area contributed by atoms with Crippen molar-refractivity contribution in [3.8, 4) is 0 Å². The van der Waals surface area contributed by atoms with Crippen molar-refractivity contribution in [3.63, 3.8) is 0 Å². The van der Waals surface area contributed by atoms with Crippen LogP contribution >= 0.6 is 11.3 Å². The Morgan fingerprint density at radius 1 is 1.53 bits per heavy atom. The van der Waals surface area contributed by atoms with E-state index in [1.807, 2.05) is 12.3 Å². The number of likely N-dealkylation sites (N-methyl/N-ethyl adjacent to an activating group) is 1. The van der Waals surface area contributed by atoms with Crippen LogP contribution in [0.4, 0.5) is 8.78 Å². The number of alkyl halides is 2. The molecule has 6 heteroatoms. The maximum atomic E-state index is 11.9. The Bertz CT molecular complexity index is 283. The second-order valence-electron chi connectivity index (χ2n) is 3.64. The molecule has 17 heavy (non-hydrogen) atoms. The molecule has 0 aliphatic heterocycles. The number of thiazole rings is 1. The van der Waals surface area contributed by atoms with E-state index in [4.69, 9.17) is 4.74 Å². The van der Waals surface area contributed by atoms with Gasteiger partial charge in [0.15, 0.2) is 0 Å². The molecule has 0 amide bonds. The minimum absolute atomic E-state index is 0.240. The van der Waals surface area contributed by atoms with Crippen molar-refractivity contribution in [2.75, 3.05) is 19.8 Å². The van der Waals surface area contributed by atoms with E-state index in [2.05, 4.69) is 10.3 Å². The first-order valence-corrected chi connectivity index (χ1v) is 6.58. The topological polar surface area (TPSA) is 34.1 Å². The number of aromatic nitrogens is 1. The standard InChI is InChI=1S/C11H18F2N2OS/c1-2-14-9(3-5-16-8-10(12)13)7-11-15-4-6-17-11/h4,6,9-10,14H,2-3,5,7-8H2,1H3. The molecular formula is C11H18F2N2OS. The van der Waals surface area contributed by atoms with E-state index < -0.39 is 13.0 Å². The molecule has 98 valence electrons. The van der Waals surface area contributed by atoms with Crippen LogP contribution in [0.3, 0.4) is 0 Å². The number of nitrogens with zero attached hydrogens (tertiary/aromatic N) is 1. The first-order valence-electron chi connectivity index (χ1n) is 5.70. The molecule has 1 heterocycles. The quantitative estimate of drug-likeness (QED) is 0.695. The predicted octanol–water partition coefficient (Wildman–Crippen LogP) is 2.34. The molecule has 0 saturated carbocycles. The first-order chi connectivity index (χ1) is 8.22. The van der Waals surface area contributed by atoms with E-state index in [0.717, 1.165) is 24.4 Å². The van der Waals surface area contributed by atoms with Gasteiger partial charge in [-0.25, -0.2) is 13.8 Å². The van der Waals surface area contributed by atoms with Gasteiger partial charge in [0.05, 0.1) is 5.01 Å². The van der Waals surface area contributed by atoms with Gasteiger partial charge in [0.1, 0.15) is 6.61 Å². The van der Waals surface area contributed by atoms with Crippen molar-refractivity contribution in [1.82, 2.24) is 10.3 Å². The van der Waals surface area contributed by atoms with Gasteiger partial charge in [-0.05, 0) is 13.0 Å². The number of hydrogen-bond acceptors (Lipinski definition) is 4. The summed E-state index contributed by atoms with van der Waals surface area (Å²) in [5, 5.41) is 6.30. The Balaban J connectivity index is 2.23. The number of halogens is 2. The molecule has 0 aliphatic carbocycles. The van der Waals surface area contributed by atoms with E-state index in [0.29, 0.717) is 6.61 Å². The molecule has 0 saturated heterocycles. The lowest BCUT2D eigenvalue weighted by atomic mass is 10.1. The molecule has 1 atom stereocenters. The molecule has 0 spiro atoms. The van der Waals surface area contributed by atoms with Crippen molar-refractivity contribution >= 4 is 11.3 Å². The highest BCUT2D eigenvalue weighted by Crippen LogP contribution is 2.09. The van der Waals surface area contributed by atoms with Gasteiger partial charge in [-0.2, -0.15) is 0 Å². The highest BCUT2D eigenvalue weighted by molar-refractivity contribution is 7.09. The van der Waals surface area contributed by atoms with Crippen molar-refractivity contribution in [2.24, 2.45) is 0 Å². The molecule has 1 aromatic rings. The fraction of sp³-hybridized carbons (Fsp3) is 0.727. The van der Waals surface area contributed by atoms with E-state index >= 15 is 0 Å². The monoisotopic (exact) mass is 264 g/mol. The average molecular weight is 264 g/mol. The molecule has 0 radical (unpaired) electrons. The molecular weight excluding hydrogens is 246 g/mol. The van der Waals surface area contributed by atoms with Gasteiger partial charge >= 0.3 is 0 Å². The average Bonchev–Trinajstić information content (AvgIpc) is 2.77. The summed E-state index contributed by atoms with van der Waals surface area (Å²) in [4.78, 5) is 4.21. The third-order valence-electron chi connectivity index (χ3n) is 2.25. The summed E-state index contributed by atoms with van der Waals surface area (Å²) in [6.07, 6.45) is 0.937. The highest BCUT2D eigenvalue weighted by Gasteiger charge is 2.10. The van der Waals surface area contributed by atoms with E-state index in [9.17, 15) is 8.78 Å². The molecule has 3 nitrogen and oxygen atoms in total. The largest absolute Gasteiger partial charge is 0.375 e. The second-order valence-corrected chi connectivity index (χ2v) is 4.62. The Labute approximate surface area is 104 Å². The molecule has 0 bridgehead atoms. The lowest BCUT2D eigenvalue weighted by Crippen LogP contribution is -2.32. The van der Waals surface area contributed by atoms with Crippen LogP contribution in [0, 0.1) is 0 Å². The smallest absolute Gasteiger partial charge is 0.261 e. The predicted molar refractivity (Wildman–Crippen MR) is 64.7 cm³/mol. The van der Waals surface area contributed by atoms with Gasteiger partial charge in [-0.1, -0.05) is 6.92 Å². The van der Waals surface area contributed by atoms with Gasteiger partial charge in [-0.15, -0.1) is 11.3 Å². The zero-order chi connectivity index (χ0) is 12.5. The molecule has 0 aromatic carbocycles. The summed E-state index contributed by atoms with van der Waals surface area (Å²) in [6, 6.07) is 0.240. The number of rotatable bonds is 9. The normalized spacial score (nSPS) is 13.2. The fourth-order valence-corrected chi connectivity index (χ4v) is 2.23. The third kappa shape index (κ3) is 6.65. The maximum Gasteiger partial charge on any atom is 0.261 e. The zero-order valence-corrected chi connectivity index (χ0v) is 10.7. The van der Waals surface area contributed by atoms with Crippen molar-refractivity contribution in [2.45, 2.75) is 32.2 Å². The van der Waals surface area contributed by atoms with Crippen LogP contribution in [0.25, 0.3) is 0 Å². The van der Waals surface area contributed by atoms with Crippen LogP contribution in [0.5, 0.6) is 0 Å². The van der Waals surface area contributed by atoms with Gasteiger partial charge in [0.2, 0.25) is 0 Å². The zero-order valence-electron chi connectivity index (χ0n) is 9.86. The van der Waals surface area contributed by atoms with Crippen LogP contribution in [0.2, 0.25) is 0 Å². The van der Waals surface area contributed by atoms with Gasteiger partial charge in [-0.3, -0.25) is 0 Å². The summed E-state index contributed by atoms with van der Waals surface area (Å²) in [5.74, 6) is 0. The molecule has 1 rings (SSSR count). The van der Waals surface area contributed by atoms with Gasteiger partial charge < -0.3 is 10.1 Å². The minimum Gasteiger partial charge on any atom is -0.375 e. The van der Waals surface area contributed by atoms with Crippen molar-refractivity contribution in [3.05, 3.63) is 16.6 Å². The highest BCUT2D eigenvalue weighted by atomic mass is 32.1. The van der Waals surface area contributed by atoms with Gasteiger partial charge in [0, 0.05) is 30.6 Å². The summed E-state index contributed by atoms with van der Waals surface area (Å²) in [5.41, 5.74) is 0. The number of hydrogen-bond donors (Lipinski definition) is 1. The van der Waals surface area contributed by atoms with Crippen LogP contribution in [-0.4, -0.2) is 37.2 Å². The van der Waals surface area contributed by atoms with Crippen LogP contribution in [0.1, 0.15) is 18.4 Å². The van der Waals surface area contributed by atoms with Crippen molar-refractivity contribution in [1.29, 1.82) is 0 Å². The van der Waals surface area contributed by atoms with Crippen molar-refractivity contribution < 1.29 is 13.5 Å². The SMILES string of the molecule is CCNC(CCOCC(F)F)Cc1nccs1. The summed E-state index contributed by atoms with van der Waals surface area (Å²) < 4.78 is 28.6. The Kier molecular flexibility index (Phi) is 7.23. The number of nitrogens with one attached hydrogen (secondary N) is 1. The molecule has 0 fully saturated rings. The lowest BCUT2D eigenvalue weighted by molar-refractivity contribution is 0.0144. The molecule has 0 aliphatic rings. The molecule has 1 unspecified atom stereocenters. The minimum atomic E-state index is -2.38. The lowest BCUT2D eigenvalue weighted by Gasteiger charge is -2.16. The molecule has 1 N–H and O–H groups in total. The van der Waals surface area contributed by atoms with Crippen LogP contribution < -0.4 is 5.32 Å². The summed E-state index contributed by atoms with van der Waals surface area (Å²) >= 11 is 1.61. The maximum absolute atomic E-state index is 11.9. The van der Waals surface area contributed by atoms with Crippen LogP contribution in [-0.2, 0) is 11.2 Å². The van der Waals surface area contributed by atoms with E-state index in [1.54, 1.807) is 17.5 Å². The second kappa shape index (κ2) is 8.49. The summed E-state index contributed by atoms with van der Waals surface area (Å²) in [7, 11) is 0. The fourth-order valence-electron chi connectivity index (χ4n) is 1.53. The van der Waals surface area contributed by atoms with E-state index in [-0.39, 0.29) is 6.04 Å². The van der Waals surface area contributed by atoms with E-state index in [1.165, 1.54) is 0 Å². The summed E-state index contributed by atoms with van der Waals surface area (Å²) in [6.45, 7) is 2.75.